The highest BCUT2D eigenvalue weighted by molar-refractivity contribution is 7.71. The van der Waals surface area contributed by atoms with Gasteiger partial charge in [0.2, 0.25) is 0 Å². The van der Waals surface area contributed by atoms with Crippen LogP contribution in [0, 0.1) is 4.77 Å². The molecule has 4 rings (SSSR count). The SMILES string of the molecule is CC(C)c1ccc(C2CC(C(F)(F)F)n3nc(-c4n[nH]c(=S)n4CCCN(C)C)cc3N2)cc1. The lowest BCUT2D eigenvalue weighted by atomic mass is 9.94. The highest BCUT2D eigenvalue weighted by Crippen LogP contribution is 2.44. The standard InChI is InChI=1S/C23H30F3N7S/c1-14(2)15-6-8-16(9-7-15)17-12-19(23(24,25)26)33-20(27-17)13-18(30-33)21-28-29-22(34)32(21)11-5-10-31(3)4/h6-9,13-14,17,19,27H,5,10-12H2,1-4H3,(H,29,34). The fourth-order valence-electron chi connectivity index (χ4n) is 4.28. The van der Waals surface area contributed by atoms with Crippen LogP contribution in [0.3, 0.4) is 0 Å². The first-order valence-electron chi connectivity index (χ1n) is 11.4. The molecule has 2 N–H and O–H groups in total. The van der Waals surface area contributed by atoms with Crippen LogP contribution in [-0.4, -0.2) is 56.3 Å². The molecule has 0 fully saturated rings. The van der Waals surface area contributed by atoms with Crippen LogP contribution in [0.4, 0.5) is 19.0 Å². The van der Waals surface area contributed by atoms with E-state index in [2.05, 4.69) is 39.4 Å². The summed E-state index contributed by atoms with van der Waals surface area (Å²) >= 11 is 5.36. The number of aromatic nitrogens is 5. The first-order valence-corrected chi connectivity index (χ1v) is 11.8. The second kappa shape index (κ2) is 9.53. The summed E-state index contributed by atoms with van der Waals surface area (Å²) in [7, 11) is 3.96. The Morgan fingerprint density at radius 3 is 2.53 bits per heavy atom. The van der Waals surface area contributed by atoms with Gasteiger partial charge in [0.15, 0.2) is 16.6 Å². The zero-order valence-corrected chi connectivity index (χ0v) is 20.5. The number of hydrogen-bond acceptors (Lipinski definition) is 5. The Balaban J connectivity index is 1.67. The van der Waals surface area contributed by atoms with E-state index in [1.807, 2.05) is 38.4 Å². The molecule has 3 heterocycles. The molecule has 2 unspecified atom stereocenters. The Kier molecular flexibility index (Phi) is 6.86. The van der Waals surface area contributed by atoms with E-state index >= 15 is 0 Å². The summed E-state index contributed by atoms with van der Waals surface area (Å²) in [5.41, 5.74) is 2.32. The number of aromatic amines is 1. The van der Waals surface area contributed by atoms with Gasteiger partial charge in [0, 0.05) is 19.0 Å². The third-order valence-corrected chi connectivity index (χ3v) is 6.48. The van der Waals surface area contributed by atoms with Crippen molar-refractivity contribution in [1.29, 1.82) is 0 Å². The van der Waals surface area contributed by atoms with Crippen molar-refractivity contribution in [3.8, 4) is 11.5 Å². The molecule has 1 aromatic carbocycles. The molecule has 0 saturated heterocycles. The van der Waals surface area contributed by atoms with Gasteiger partial charge < -0.3 is 10.2 Å². The molecule has 1 aliphatic heterocycles. The number of hydrogen-bond donors (Lipinski definition) is 2. The molecule has 2 aromatic heterocycles. The predicted octanol–water partition coefficient (Wildman–Crippen LogP) is 5.54. The van der Waals surface area contributed by atoms with Crippen LogP contribution in [0.15, 0.2) is 30.3 Å². The molecule has 0 amide bonds. The van der Waals surface area contributed by atoms with Crippen LogP contribution in [0.25, 0.3) is 11.5 Å². The normalized spacial score (nSPS) is 18.4. The number of halogens is 3. The van der Waals surface area contributed by atoms with Gasteiger partial charge in [-0.3, -0.25) is 9.67 Å². The van der Waals surface area contributed by atoms with Crippen LogP contribution in [0.1, 0.15) is 55.8 Å². The summed E-state index contributed by atoms with van der Waals surface area (Å²) in [5.74, 6) is 1.11. The van der Waals surface area contributed by atoms with Crippen LogP contribution >= 0.6 is 12.2 Å². The van der Waals surface area contributed by atoms with Crippen LogP contribution in [0.5, 0.6) is 0 Å². The minimum absolute atomic E-state index is 0.145. The molecule has 184 valence electrons. The van der Waals surface area contributed by atoms with Gasteiger partial charge in [-0.2, -0.15) is 23.4 Å². The lowest BCUT2D eigenvalue weighted by molar-refractivity contribution is -0.173. The van der Waals surface area contributed by atoms with Crippen molar-refractivity contribution in [3.05, 3.63) is 46.2 Å². The molecule has 7 nitrogen and oxygen atoms in total. The smallest absolute Gasteiger partial charge is 0.363 e. The topological polar surface area (TPSA) is 66.7 Å². The predicted molar refractivity (Wildman–Crippen MR) is 128 cm³/mol. The van der Waals surface area contributed by atoms with Gasteiger partial charge in [-0.15, -0.1) is 0 Å². The first kappa shape index (κ1) is 24.5. The third-order valence-electron chi connectivity index (χ3n) is 6.17. The van der Waals surface area contributed by atoms with E-state index in [-0.39, 0.29) is 6.42 Å². The number of rotatable bonds is 7. The highest BCUT2D eigenvalue weighted by Gasteiger charge is 2.46. The van der Waals surface area contributed by atoms with Crippen LogP contribution in [0.2, 0.25) is 0 Å². The summed E-state index contributed by atoms with van der Waals surface area (Å²) < 4.78 is 45.5. The minimum atomic E-state index is -4.44. The molecule has 2 atom stereocenters. The second-order valence-corrected chi connectivity index (χ2v) is 9.72. The molecule has 11 heteroatoms. The van der Waals surface area contributed by atoms with Gasteiger partial charge in [-0.25, -0.2) is 4.68 Å². The Labute approximate surface area is 202 Å². The third kappa shape index (κ3) is 5.05. The molecule has 0 aliphatic carbocycles. The molecule has 0 radical (unpaired) electrons. The molecule has 0 spiro atoms. The highest BCUT2D eigenvalue weighted by atomic mass is 32.1. The van der Waals surface area contributed by atoms with Gasteiger partial charge in [-0.05, 0) is 56.3 Å². The Morgan fingerprint density at radius 1 is 1.21 bits per heavy atom. The van der Waals surface area contributed by atoms with Gasteiger partial charge in [0.1, 0.15) is 11.5 Å². The summed E-state index contributed by atoms with van der Waals surface area (Å²) in [4.78, 5) is 2.06. The van der Waals surface area contributed by atoms with Gasteiger partial charge >= 0.3 is 6.18 Å². The van der Waals surface area contributed by atoms with Crippen molar-refractivity contribution in [2.45, 2.75) is 57.4 Å². The fourth-order valence-corrected chi connectivity index (χ4v) is 4.50. The van der Waals surface area contributed by atoms with Crippen molar-refractivity contribution in [2.75, 3.05) is 26.0 Å². The number of alkyl halides is 3. The summed E-state index contributed by atoms with van der Waals surface area (Å²) in [6.07, 6.45) is -3.76. The number of fused-ring (bicyclic) bond motifs is 1. The van der Waals surface area contributed by atoms with E-state index in [1.54, 1.807) is 10.6 Å². The number of nitrogens with one attached hydrogen (secondary N) is 2. The maximum Gasteiger partial charge on any atom is 0.410 e. The molecule has 0 bridgehead atoms. The van der Waals surface area contributed by atoms with E-state index in [0.717, 1.165) is 28.8 Å². The van der Waals surface area contributed by atoms with Crippen molar-refractivity contribution in [3.63, 3.8) is 0 Å². The number of anilines is 1. The molecule has 34 heavy (non-hydrogen) atoms. The van der Waals surface area contributed by atoms with Gasteiger partial charge in [-0.1, -0.05) is 38.1 Å². The van der Waals surface area contributed by atoms with Crippen molar-refractivity contribution in [2.24, 2.45) is 0 Å². The Bertz CT molecular complexity index is 1170. The van der Waals surface area contributed by atoms with E-state index in [1.165, 1.54) is 0 Å². The van der Waals surface area contributed by atoms with E-state index < -0.39 is 18.3 Å². The minimum Gasteiger partial charge on any atom is -0.363 e. The van der Waals surface area contributed by atoms with Crippen LogP contribution in [-0.2, 0) is 6.54 Å². The van der Waals surface area contributed by atoms with E-state index in [0.29, 0.717) is 34.6 Å². The van der Waals surface area contributed by atoms with E-state index in [9.17, 15) is 13.2 Å². The molecular weight excluding hydrogens is 463 g/mol. The molecule has 3 aromatic rings. The summed E-state index contributed by atoms with van der Waals surface area (Å²) in [6, 6.07) is 7.18. The second-order valence-electron chi connectivity index (χ2n) is 9.33. The molecule has 1 aliphatic rings. The average Bonchev–Trinajstić information content (AvgIpc) is 3.35. The number of H-pyrrole nitrogens is 1. The Hall–Kier alpha value is -2.66. The maximum absolute atomic E-state index is 14.1. The number of nitrogens with zero attached hydrogens (tertiary/aromatic N) is 5. The summed E-state index contributed by atoms with van der Waals surface area (Å²) in [5, 5.41) is 14.6. The number of benzene rings is 1. The quantitative estimate of drug-likeness (QED) is 0.423. The zero-order chi connectivity index (χ0) is 24.6. The Morgan fingerprint density at radius 2 is 1.91 bits per heavy atom. The first-order chi connectivity index (χ1) is 16.0. The van der Waals surface area contributed by atoms with Gasteiger partial charge in [0.25, 0.3) is 0 Å². The maximum atomic E-state index is 14.1. The average molecular weight is 494 g/mol. The lowest BCUT2D eigenvalue weighted by Crippen LogP contribution is -2.35. The van der Waals surface area contributed by atoms with Crippen LogP contribution < -0.4 is 5.32 Å². The summed E-state index contributed by atoms with van der Waals surface area (Å²) in [6.45, 7) is 5.61. The van der Waals surface area contributed by atoms with Crippen molar-refractivity contribution < 1.29 is 13.2 Å². The lowest BCUT2D eigenvalue weighted by Gasteiger charge is -2.33. The largest absolute Gasteiger partial charge is 0.410 e. The fraction of sp³-hybridized carbons (Fsp3) is 0.522. The zero-order valence-electron chi connectivity index (χ0n) is 19.7. The van der Waals surface area contributed by atoms with Crippen molar-refractivity contribution >= 4 is 18.0 Å². The van der Waals surface area contributed by atoms with E-state index in [4.69, 9.17) is 12.2 Å². The molecular formula is C23H30F3N7S. The van der Waals surface area contributed by atoms with Crippen molar-refractivity contribution in [1.82, 2.24) is 29.4 Å². The molecule has 0 saturated carbocycles. The van der Waals surface area contributed by atoms with Gasteiger partial charge in [0.05, 0.1) is 6.04 Å². The monoisotopic (exact) mass is 493 g/mol.